The average molecular weight is 673 g/mol. The number of imidazole rings is 1. The van der Waals surface area contributed by atoms with Crippen molar-refractivity contribution in [2.45, 2.75) is 58.3 Å². The van der Waals surface area contributed by atoms with Crippen molar-refractivity contribution in [2.75, 3.05) is 13.1 Å². The van der Waals surface area contributed by atoms with Gasteiger partial charge in [0, 0.05) is 36.7 Å². The van der Waals surface area contributed by atoms with E-state index in [1.807, 2.05) is 85.6 Å². The number of H-pyrrole nitrogens is 1. The molecule has 2 aromatic carbocycles. The molecule has 8 rings (SSSR count). The zero-order chi connectivity index (χ0) is 34.2. The highest BCUT2D eigenvalue weighted by Gasteiger charge is 2.28. The van der Waals surface area contributed by atoms with Gasteiger partial charge < -0.3 is 24.3 Å². The van der Waals surface area contributed by atoms with E-state index in [0.29, 0.717) is 54.7 Å². The van der Waals surface area contributed by atoms with Crippen molar-refractivity contribution in [2.24, 2.45) is 0 Å². The first-order chi connectivity index (χ1) is 24.4. The number of nitrogens with zero attached hydrogens (tertiary/aromatic N) is 9. The maximum Gasteiger partial charge on any atom is 0.255 e. The van der Waals surface area contributed by atoms with Gasteiger partial charge in [0.1, 0.15) is 24.1 Å². The molecule has 0 aliphatic carbocycles. The van der Waals surface area contributed by atoms with E-state index in [2.05, 4.69) is 35.5 Å². The molecule has 0 saturated carbocycles. The first kappa shape index (κ1) is 31.4. The summed E-state index contributed by atoms with van der Waals surface area (Å²) in [6, 6.07) is 19.0. The molecule has 0 spiro atoms. The molecule has 1 unspecified atom stereocenters. The highest BCUT2D eigenvalue weighted by Crippen LogP contribution is 2.30. The number of piperidine rings is 1. The summed E-state index contributed by atoms with van der Waals surface area (Å²) in [5.41, 5.74) is 6.15. The Balaban J connectivity index is 0.884. The van der Waals surface area contributed by atoms with Crippen LogP contribution in [0.1, 0.15) is 77.0 Å². The van der Waals surface area contributed by atoms with E-state index >= 15 is 0 Å². The Morgan fingerprint density at radius 1 is 1.12 bits per heavy atom. The number of fused-ring (bicyclic) bond motifs is 2. The van der Waals surface area contributed by atoms with Crippen molar-refractivity contribution in [3.8, 4) is 11.7 Å². The van der Waals surface area contributed by atoms with Gasteiger partial charge in [-0.25, -0.2) is 14.6 Å². The number of para-hydroxylation sites is 2. The molecule has 2 N–H and O–H groups in total. The summed E-state index contributed by atoms with van der Waals surface area (Å²) in [5.74, 6) is 2.10. The smallest absolute Gasteiger partial charge is 0.255 e. The van der Waals surface area contributed by atoms with Crippen LogP contribution in [-0.4, -0.2) is 73.9 Å². The number of hydrogen-bond acceptors (Lipinski definition) is 10. The molecule has 0 bridgehead atoms. The third kappa shape index (κ3) is 6.09. The summed E-state index contributed by atoms with van der Waals surface area (Å²) in [6.07, 6.45) is 5.49. The maximum atomic E-state index is 13.6. The van der Waals surface area contributed by atoms with Crippen LogP contribution in [-0.2, 0) is 13.2 Å². The van der Waals surface area contributed by atoms with Gasteiger partial charge in [-0.3, -0.25) is 4.79 Å². The summed E-state index contributed by atoms with van der Waals surface area (Å²) in [4.78, 5) is 28.1. The topological polar surface area (TPSA) is 166 Å². The molecular weight excluding hydrogens is 636 g/mol. The maximum absolute atomic E-state index is 13.6. The van der Waals surface area contributed by atoms with Crippen LogP contribution in [0.25, 0.3) is 28.0 Å². The number of rotatable bonds is 10. The molecule has 1 fully saturated rings. The summed E-state index contributed by atoms with van der Waals surface area (Å²) >= 11 is 0. The van der Waals surface area contributed by atoms with Crippen molar-refractivity contribution in [1.29, 1.82) is 0 Å². The predicted molar refractivity (Wildman–Crippen MR) is 183 cm³/mol. The molecule has 1 aliphatic rings. The molecule has 50 heavy (non-hydrogen) atoms. The van der Waals surface area contributed by atoms with E-state index in [1.165, 1.54) is 0 Å². The second-order valence-electron chi connectivity index (χ2n) is 12.6. The van der Waals surface area contributed by atoms with Crippen molar-refractivity contribution >= 4 is 28.0 Å². The van der Waals surface area contributed by atoms with Gasteiger partial charge in [-0.1, -0.05) is 41.6 Å². The largest absolute Gasteiger partial charge is 0.484 e. The fourth-order valence-corrected chi connectivity index (χ4v) is 6.49. The summed E-state index contributed by atoms with van der Waals surface area (Å²) in [7, 11) is 0. The molecular formula is C36H36N10O4. The van der Waals surface area contributed by atoms with Crippen molar-refractivity contribution in [1.82, 2.24) is 49.8 Å². The van der Waals surface area contributed by atoms with Crippen LogP contribution in [0, 0.1) is 6.92 Å². The van der Waals surface area contributed by atoms with Crippen molar-refractivity contribution in [3.63, 3.8) is 0 Å². The lowest BCUT2D eigenvalue weighted by Crippen LogP contribution is -2.38. The number of pyridine rings is 1. The zero-order valence-corrected chi connectivity index (χ0v) is 27.7. The second kappa shape index (κ2) is 13.2. The van der Waals surface area contributed by atoms with Crippen LogP contribution in [0.2, 0.25) is 0 Å². The molecule has 7 aromatic rings. The minimum absolute atomic E-state index is 0.0100. The number of aromatic nitrogens is 9. The highest BCUT2D eigenvalue weighted by atomic mass is 16.5. The third-order valence-corrected chi connectivity index (χ3v) is 9.27. The lowest BCUT2D eigenvalue weighted by molar-refractivity contribution is 0.0711. The molecule has 254 valence electrons. The van der Waals surface area contributed by atoms with Gasteiger partial charge in [0.05, 0.1) is 40.8 Å². The Hall–Kier alpha value is -5.89. The van der Waals surface area contributed by atoms with E-state index in [-0.39, 0.29) is 24.5 Å². The zero-order valence-electron chi connectivity index (χ0n) is 27.7. The standard InChI is InChI=1S/C36H36N10O4/c1-3-33(49-26-10-8-23(21-47)9-11-26)32-20-45(43-40-32)19-27-17-31(42-50-27)24-12-14-44(15-13-24)35(48)25-16-28-22(2)41-46(34(28)37-18-25)36-38-29-6-4-5-7-30(29)39-36/h4-11,16-18,20,24,33,47H,3,12-15,19,21H2,1-2H3,(H,38,39). The molecule has 1 aliphatic heterocycles. The number of aryl methyl sites for hydroxylation is 1. The normalized spacial score (nSPS) is 14.5. The van der Waals surface area contributed by atoms with Crippen LogP contribution >= 0.6 is 0 Å². The van der Waals surface area contributed by atoms with E-state index in [4.69, 9.17) is 9.26 Å². The van der Waals surface area contributed by atoms with E-state index in [9.17, 15) is 9.90 Å². The lowest BCUT2D eigenvalue weighted by Gasteiger charge is -2.31. The fourth-order valence-electron chi connectivity index (χ4n) is 6.49. The molecule has 14 nitrogen and oxygen atoms in total. The van der Waals surface area contributed by atoms with E-state index in [0.717, 1.165) is 51.9 Å². The minimum atomic E-state index is -0.260. The average Bonchev–Trinajstić information content (AvgIpc) is 3.97. The summed E-state index contributed by atoms with van der Waals surface area (Å²) in [6.45, 7) is 5.53. The first-order valence-corrected chi connectivity index (χ1v) is 16.8. The van der Waals surface area contributed by atoms with Gasteiger partial charge in [-0.05, 0) is 62.1 Å². The van der Waals surface area contributed by atoms with Gasteiger partial charge in [0.2, 0.25) is 5.95 Å². The number of carbonyl (C=O) groups excluding carboxylic acids is 1. The number of aromatic amines is 1. The molecule has 1 saturated heterocycles. The number of hydrogen-bond donors (Lipinski definition) is 2. The third-order valence-electron chi connectivity index (χ3n) is 9.27. The van der Waals surface area contributed by atoms with Gasteiger partial charge in [0.25, 0.3) is 5.91 Å². The number of aliphatic hydroxyl groups excluding tert-OH is 1. The van der Waals surface area contributed by atoms with E-state index < -0.39 is 0 Å². The van der Waals surface area contributed by atoms with Crippen LogP contribution < -0.4 is 4.74 Å². The minimum Gasteiger partial charge on any atom is -0.484 e. The second-order valence-corrected chi connectivity index (χ2v) is 12.6. The number of nitrogens with one attached hydrogen (secondary N) is 1. The molecule has 6 heterocycles. The van der Waals surface area contributed by atoms with Crippen LogP contribution in [0.3, 0.4) is 0 Å². The van der Waals surface area contributed by atoms with Gasteiger partial charge in [0.15, 0.2) is 11.4 Å². The Morgan fingerprint density at radius 2 is 1.94 bits per heavy atom. The van der Waals surface area contributed by atoms with Gasteiger partial charge in [-0.2, -0.15) is 9.78 Å². The number of benzene rings is 2. The summed E-state index contributed by atoms with van der Waals surface area (Å²) < 4.78 is 15.2. The van der Waals surface area contributed by atoms with Gasteiger partial charge in [-0.15, -0.1) is 5.10 Å². The Kier molecular flexibility index (Phi) is 8.28. The van der Waals surface area contributed by atoms with Crippen molar-refractivity contribution < 1.29 is 19.2 Å². The summed E-state index contributed by atoms with van der Waals surface area (Å²) in [5, 5.41) is 27.8. The quantitative estimate of drug-likeness (QED) is 0.195. The number of amides is 1. The van der Waals surface area contributed by atoms with Crippen LogP contribution in [0.4, 0.5) is 0 Å². The molecule has 14 heteroatoms. The molecule has 5 aromatic heterocycles. The number of carbonyl (C=O) groups is 1. The Morgan fingerprint density at radius 3 is 2.72 bits per heavy atom. The first-order valence-electron chi connectivity index (χ1n) is 16.8. The number of aliphatic hydroxyl groups is 1. The SMILES string of the molecule is CCC(Oc1ccc(CO)cc1)c1cn(Cc2cc(C3CCN(C(=O)c4cnc5c(c4)c(C)nn5-c4nc5ccccc5[nH]4)CC3)no2)nn1. The Labute approximate surface area is 286 Å². The van der Waals surface area contributed by atoms with Crippen molar-refractivity contribution in [3.05, 3.63) is 107 Å². The Bertz CT molecular complexity index is 2240. The predicted octanol–water partition coefficient (Wildman–Crippen LogP) is 5.28. The highest BCUT2D eigenvalue weighted by molar-refractivity contribution is 5.97. The van der Waals surface area contributed by atoms with Crippen LogP contribution in [0.5, 0.6) is 5.75 Å². The monoisotopic (exact) mass is 672 g/mol. The lowest BCUT2D eigenvalue weighted by atomic mass is 9.93. The molecule has 1 amide bonds. The molecule has 0 radical (unpaired) electrons. The number of likely N-dealkylation sites (tertiary alicyclic amines) is 1. The van der Waals surface area contributed by atoms with E-state index in [1.54, 1.807) is 15.6 Å². The molecule has 1 atom stereocenters. The number of ether oxygens (including phenoxy) is 1. The van der Waals surface area contributed by atoms with Gasteiger partial charge >= 0.3 is 0 Å². The van der Waals surface area contributed by atoms with Crippen LogP contribution in [0.15, 0.2) is 77.6 Å². The fraction of sp³-hybridized carbons (Fsp3) is 0.306.